The van der Waals surface area contributed by atoms with Crippen LogP contribution in [0.5, 0.6) is 0 Å². The van der Waals surface area contributed by atoms with Crippen LogP contribution in [-0.2, 0) is 4.79 Å². The maximum Gasteiger partial charge on any atom is 0.130 e. The van der Waals surface area contributed by atoms with E-state index in [1.165, 1.54) is 12.0 Å². The van der Waals surface area contributed by atoms with E-state index >= 15 is 0 Å². The summed E-state index contributed by atoms with van der Waals surface area (Å²) in [6.45, 7) is 8.14. The summed E-state index contributed by atoms with van der Waals surface area (Å²) >= 11 is 0. The predicted molar refractivity (Wildman–Crippen MR) is 53.1 cm³/mol. The molecule has 0 aromatic carbocycles. The lowest BCUT2D eigenvalue weighted by molar-refractivity contribution is -0.116. The van der Waals surface area contributed by atoms with E-state index in [9.17, 15) is 4.79 Å². The lowest BCUT2D eigenvalue weighted by atomic mass is 10.0. The number of carbonyl (C=O) groups is 1. The number of rotatable bonds is 5. The maximum absolute atomic E-state index is 10.7. The molecule has 0 radical (unpaired) electrons. The molecule has 0 aliphatic rings. The summed E-state index contributed by atoms with van der Waals surface area (Å²) < 4.78 is 0. The average Bonchev–Trinajstić information content (AvgIpc) is 2.00. The molecule has 0 aliphatic carbocycles. The van der Waals surface area contributed by atoms with Gasteiger partial charge in [-0.15, -0.1) is 0 Å². The number of Topliss-reactive ketones (excluding diaryl/α,β-unsaturated/α-hetero) is 1. The van der Waals surface area contributed by atoms with Crippen molar-refractivity contribution in [2.75, 3.05) is 0 Å². The smallest absolute Gasteiger partial charge is 0.130 e. The van der Waals surface area contributed by atoms with Crippen LogP contribution in [0.2, 0.25) is 0 Å². The molecule has 0 rings (SSSR count). The number of hydrogen-bond donors (Lipinski definition) is 0. The zero-order valence-electron chi connectivity index (χ0n) is 8.68. The van der Waals surface area contributed by atoms with Crippen LogP contribution in [0.1, 0.15) is 47.0 Å². The van der Waals surface area contributed by atoms with Gasteiger partial charge in [0, 0.05) is 6.42 Å². The quantitative estimate of drug-likeness (QED) is 0.575. The topological polar surface area (TPSA) is 17.1 Å². The summed E-state index contributed by atoms with van der Waals surface area (Å²) in [4.78, 5) is 10.7. The molecular formula is C11H20O. The van der Waals surface area contributed by atoms with E-state index in [4.69, 9.17) is 0 Å². The van der Waals surface area contributed by atoms with Crippen LogP contribution in [-0.4, -0.2) is 5.78 Å². The summed E-state index contributed by atoms with van der Waals surface area (Å²) in [7, 11) is 0. The van der Waals surface area contributed by atoms with Gasteiger partial charge in [-0.1, -0.05) is 31.9 Å². The van der Waals surface area contributed by atoms with Gasteiger partial charge in [-0.2, -0.15) is 0 Å². The van der Waals surface area contributed by atoms with Gasteiger partial charge in [0.25, 0.3) is 0 Å². The third-order valence-electron chi connectivity index (χ3n) is 2.08. The van der Waals surface area contributed by atoms with Crippen molar-refractivity contribution in [3.63, 3.8) is 0 Å². The number of allylic oxidation sites excluding steroid dienone is 2. The van der Waals surface area contributed by atoms with Crippen molar-refractivity contribution in [1.82, 2.24) is 0 Å². The fourth-order valence-corrected chi connectivity index (χ4v) is 1.06. The van der Waals surface area contributed by atoms with Crippen molar-refractivity contribution in [3.05, 3.63) is 11.6 Å². The van der Waals surface area contributed by atoms with E-state index in [0.717, 1.165) is 6.42 Å². The zero-order valence-corrected chi connectivity index (χ0v) is 8.68. The van der Waals surface area contributed by atoms with Crippen LogP contribution in [0.3, 0.4) is 0 Å². The Hall–Kier alpha value is -0.590. The Labute approximate surface area is 75.9 Å². The largest absolute Gasteiger partial charge is 0.300 e. The molecule has 12 heavy (non-hydrogen) atoms. The van der Waals surface area contributed by atoms with Gasteiger partial charge in [-0.05, 0) is 26.2 Å². The molecule has 0 aliphatic heterocycles. The molecule has 0 fully saturated rings. The minimum absolute atomic E-state index is 0.284. The lowest BCUT2D eigenvalue weighted by Crippen LogP contribution is -1.92. The highest BCUT2D eigenvalue weighted by molar-refractivity contribution is 5.75. The summed E-state index contributed by atoms with van der Waals surface area (Å²) in [6.07, 6.45) is 5.07. The van der Waals surface area contributed by atoms with Gasteiger partial charge in [0.15, 0.2) is 0 Å². The second-order valence-corrected chi connectivity index (χ2v) is 3.60. The maximum atomic E-state index is 10.7. The summed E-state index contributed by atoms with van der Waals surface area (Å²) in [5.41, 5.74) is 1.35. The Kier molecular flexibility index (Phi) is 5.69. The molecule has 0 aromatic rings. The van der Waals surface area contributed by atoms with E-state index in [0.29, 0.717) is 12.3 Å². The Morgan fingerprint density at radius 3 is 2.33 bits per heavy atom. The third-order valence-corrected chi connectivity index (χ3v) is 2.08. The second-order valence-electron chi connectivity index (χ2n) is 3.60. The average molecular weight is 168 g/mol. The first-order valence-electron chi connectivity index (χ1n) is 4.73. The standard InChI is InChI=1S/C11H20O/c1-5-9(2)8-10(3)6-7-11(4)12/h8-9H,5-7H2,1-4H3/b10-8+. The Morgan fingerprint density at radius 1 is 1.33 bits per heavy atom. The molecule has 0 aromatic heterocycles. The van der Waals surface area contributed by atoms with Crippen LogP contribution in [0.15, 0.2) is 11.6 Å². The molecule has 0 saturated heterocycles. The third kappa shape index (κ3) is 6.14. The SMILES string of the molecule is CCC(C)/C=C(\C)CCC(C)=O. The summed E-state index contributed by atoms with van der Waals surface area (Å²) in [5, 5.41) is 0. The van der Waals surface area contributed by atoms with Crippen molar-refractivity contribution in [2.45, 2.75) is 47.0 Å². The molecule has 1 heteroatoms. The monoisotopic (exact) mass is 168 g/mol. The van der Waals surface area contributed by atoms with Gasteiger partial charge in [0.2, 0.25) is 0 Å². The Bertz CT molecular complexity index is 168. The highest BCUT2D eigenvalue weighted by atomic mass is 16.1. The van der Waals surface area contributed by atoms with E-state index in [1.807, 2.05) is 0 Å². The van der Waals surface area contributed by atoms with Gasteiger partial charge in [0.05, 0.1) is 0 Å². The van der Waals surface area contributed by atoms with Crippen LogP contribution in [0.4, 0.5) is 0 Å². The van der Waals surface area contributed by atoms with Gasteiger partial charge >= 0.3 is 0 Å². The molecule has 0 N–H and O–H groups in total. The first-order valence-corrected chi connectivity index (χ1v) is 4.73. The van der Waals surface area contributed by atoms with Crippen LogP contribution >= 0.6 is 0 Å². The van der Waals surface area contributed by atoms with Crippen molar-refractivity contribution in [3.8, 4) is 0 Å². The molecule has 1 unspecified atom stereocenters. The first kappa shape index (κ1) is 11.4. The molecule has 0 saturated carbocycles. The minimum Gasteiger partial charge on any atom is -0.300 e. The molecule has 0 bridgehead atoms. The van der Waals surface area contributed by atoms with Gasteiger partial charge in [0.1, 0.15) is 5.78 Å². The number of carbonyl (C=O) groups excluding carboxylic acids is 1. The van der Waals surface area contributed by atoms with E-state index in [1.54, 1.807) is 6.92 Å². The molecule has 0 spiro atoms. The van der Waals surface area contributed by atoms with E-state index in [2.05, 4.69) is 26.8 Å². The highest BCUT2D eigenvalue weighted by Gasteiger charge is 1.97. The number of ketones is 1. The van der Waals surface area contributed by atoms with E-state index in [-0.39, 0.29) is 5.78 Å². The van der Waals surface area contributed by atoms with Crippen LogP contribution in [0, 0.1) is 5.92 Å². The Balaban J connectivity index is 3.77. The zero-order chi connectivity index (χ0) is 9.56. The molecule has 1 atom stereocenters. The van der Waals surface area contributed by atoms with Crippen molar-refractivity contribution in [2.24, 2.45) is 5.92 Å². The minimum atomic E-state index is 0.284. The van der Waals surface area contributed by atoms with Gasteiger partial charge < -0.3 is 4.79 Å². The fraction of sp³-hybridized carbons (Fsp3) is 0.727. The number of hydrogen-bond acceptors (Lipinski definition) is 1. The van der Waals surface area contributed by atoms with E-state index < -0.39 is 0 Å². The first-order chi connectivity index (χ1) is 5.56. The van der Waals surface area contributed by atoms with Crippen LogP contribution < -0.4 is 0 Å². The normalized spacial score (nSPS) is 14.5. The van der Waals surface area contributed by atoms with Crippen LogP contribution in [0.25, 0.3) is 0 Å². The summed E-state index contributed by atoms with van der Waals surface area (Å²) in [5.74, 6) is 0.934. The molecule has 0 heterocycles. The Morgan fingerprint density at radius 2 is 1.92 bits per heavy atom. The summed E-state index contributed by atoms with van der Waals surface area (Å²) in [6, 6.07) is 0. The van der Waals surface area contributed by atoms with Crippen molar-refractivity contribution >= 4 is 5.78 Å². The van der Waals surface area contributed by atoms with Crippen molar-refractivity contribution in [1.29, 1.82) is 0 Å². The van der Waals surface area contributed by atoms with Crippen molar-refractivity contribution < 1.29 is 4.79 Å². The van der Waals surface area contributed by atoms with Gasteiger partial charge in [-0.25, -0.2) is 0 Å². The molecular weight excluding hydrogens is 148 g/mol. The predicted octanol–water partition coefficient (Wildman–Crippen LogP) is 3.35. The molecule has 0 amide bonds. The fourth-order valence-electron chi connectivity index (χ4n) is 1.06. The molecule has 1 nitrogen and oxygen atoms in total. The highest BCUT2D eigenvalue weighted by Crippen LogP contribution is 2.11. The second kappa shape index (κ2) is 5.99. The lowest BCUT2D eigenvalue weighted by Gasteiger charge is -2.04. The molecule has 70 valence electrons. The van der Waals surface area contributed by atoms with Gasteiger partial charge in [-0.3, -0.25) is 0 Å².